The van der Waals surface area contributed by atoms with Gasteiger partial charge in [-0.15, -0.1) is 0 Å². The minimum Gasteiger partial charge on any atom is -0.360 e. The van der Waals surface area contributed by atoms with Crippen LogP contribution in [0.4, 0.5) is 0 Å². The molecule has 126 valence electrons. The number of aromatic amines is 1. The van der Waals surface area contributed by atoms with Crippen LogP contribution < -0.4 is 5.43 Å². The number of nitrogens with zero attached hydrogens (tertiary/aromatic N) is 1. The number of fused-ring (bicyclic) bond motifs is 1. The molecule has 0 saturated carbocycles. The van der Waals surface area contributed by atoms with Crippen molar-refractivity contribution in [2.24, 2.45) is 0 Å². The maximum atomic E-state index is 12.7. The van der Waals surface area contributed by atoms with Crippen molar-refractivity contribution in [2.45, 2.75) is 18.6 Å². The summed E-state index contributed by atoms with van der Waals surface area (Å²) in [6, 6.07) is 5.01. The van der Waals surface area contributed by atoms with E-state index in [1.54, 1.807) is 23.1 Å². The third kappa shape index (κ3) is 2.60. The average Bonchev–Trinajstić information content (AvgIpc) is 3.04. The molecule has 0 aliphatic carbocycles. The molecule has 2 aromatic rings. The van der Waals surface area contributed by atoms with Crippen LogP contribution in [0.15, 0.2) is 29.2 Å². The minimum atomic E-state index is -0.542. The smallest absolute Gasteiger partial charge is 0.259 e. The second kappa shape index (κ2) is 5.88. The molecule has 2 aliphatic rings. The fraction of sp³-hybridized carbons (Fsp3) is 0.412. The normalized spacial score (nSPS) is 20.0. The van der Waals surface area contributed by atoms with E-state index in [0.29, 0.717) is 55.1 Å². The summed E-state index contributed by atoms with van der Waals surface area (Å²) in [5.74, 6) is -0.814. The molecule has 2 fully saturated rings. The molecular formula is C17H17ClN2O4. The fourth-order valence-electron chi connectivity index (χ4n) is 3.36. The molecule has 1 aromatic carbocycles. The Kier molecular flexibility index (Phi) is 3.83. The average molecular weight is 349 g/mol. The van der Waals surface area contributed by atoms with Gasteiger partial charge in [0.25, 0.3) is 5.91 Å². The number of hydrogen-bond acceptors (Lipinski definition) is 4. The fourth-order valence-corrected chi connectivity index (χ4v) is 3.53. The van der Waals surface area contributed by atoms with Gasteiger partial charge in [-0.3, -0.25) is 9.59 Å². The molecule has 1 N–H and O–H groups in total. The number of benzene rings is 1. The van der Waals surface area contributed by atoms with Gasteiger partial charge in [0.15, 0.2) is 5.79 Å². The predicted octanol–water partition coefficient (Wildman–Crippen LogP) is 2.16. The zero-order chi connectivity index (χ0) is 16.7. The van der Waals surface area contributed by atoms with Crippen LogP contribution in [-0.4, -0.2) is 47.9 Å². The molecule has 0 unspecified atom stereocenters. The molecule has 1 amide bonds. The molecule has 1 spiro atoms. The monoisotopic (exact) mass is 348 g/mol. The highest BCUT2D eigenvalue weighted by atomic mass is 35.5. The standard InChI is InChI=1S/C17H17ClN2O4/c18-11-1-2-14-12(9-11)15(21)13(10-19-14)16(22)20-5-3-17(4-6-20)23-7-8-24-17/h1-2,9-10H,3-8H2,(H,19,21). The van der Waals surface area contributed by atoms with Gasteiger partial charge in [-0.05, 0) is 18.2 Å². The molecule has 6 nitrogen and oxygen atoms in total. The first-order chi connectivity index (χ1) is 11.6. The quantitative estimate of drug-likeness (QED) is 0.857. The molecule has 1 aromatic heterocycles. The van der Waals surface area contributed by atoms with Gasteiger partial charge in [0.2, 0.25) is 5.43 Å². The highest BCUT2D eigenvalue weighted by Gasteiger charge is 2.41. The Balaban J connectivity index is 1.60. The number of piperidine rings is 1. The molecular weight excluding hydrogens is 332 g/mol. The van der Waals surface area contributed by atoms with Gasteiger partial charge < -0.3 is 19.4 Å². The van der Waals surface area contributed by atoms with Crippen LogP contribution in [0.3, 0.4) is 0 Å². The van der Waals surface area contributed by atoms with Crippen molar-refractivity contribution in [3.05, 3.63) is 45.2 Å². The molecule has 7 heteroatoms. The van der Waals surface area contributed by atoms with E-state index in [1.165, 1.54) is 6.20 Å². The zero-order valence-electron chi connectivity index (χ0n) is 13.0. The van der Waals surface area contributed by atoms with Crippen molar-refractivity contribution in [3.8, 4) is 0 Å². The first-order valence-corrected chi connectivity index (χ1v) is 8.34. The highest BCUT2D eigenvalue weighted by Crippen LogP contribution is 2.31. The Hall–Kier alpha value is -1.89. The van der Waals surface area contributed by atoms with E-state index in [4.69, 9.17) is 21.1 Å². The van der Waals surface area contributed by atoms with Crippen LogP contribution >= 0.6 is 11.6 Å². The lowest BCUT2D eigenvalue weighted by Gasteiger charge is -2.37. The van der Waals surface area contributed by atoms with E-state index < -0.39 is 5.79 Å². The highest BCUT2D eigenvalue weighted by molar-refractivity contribution is 6.31. The summed E-state index contributed by atoms with van der Waals surface area (Å²) in [6.45, 7) is 2.20. The molecule has 2 saturated heterocycles. The summed E-state index contributed by atoms with van der Waals surface area (Å²) in [7, 11) is 0. The maximum Gasteiger partial charge on any atom is 0.259 e. The number of hydrogen-bond donors (Lipinski definition) is 1. The summed E-state index contributed by atoms with van der Waals surface area (Å²) < 4.78 is 11.3. The predicted molar refractivity (Wildman–Crippen MR) is 89.4 cm³/mol. The van der Waals surface area contributed by atoms with Crippen molar-refractivity contribution < 1.29 is 14.3 Å². The second-order valence-corrected chi connectivity index (χ2v) is 6.56. The van der Waals surface area contributed by atoms with Crippen molar-refractivity contribution in [3.63, 3.8) is 0 Å². The largest absolute Gasteiger partial charge is 0.360 e. The minimum absolute atomic E-state index is 0.133. The number of amides is 1. The number of nitrogens with one attached hydrogen (secondary N) is 1. The number of rotatable bonds is 1. The molecule has 2 aliphatic heterocycles. The van der Waals surface area contributed by atoms with Crippen LogP contribution in [0.5, 0.6) is 0 Å². The first kappa shape index (κ1) is 15.6. The Morgan fingerprint density at radius 1 is 1.21 bits per heavy atom. The van der Waals surface area contributed by atoms with Crippen LogP contribution in [0, 0.1) is 0 Å². The Labute approximate surface area is 143 Å². The SMILES string of the molecule is O=C(c1c[nH]c2ccc(Cl)cc2c1=O)N1CCC2(CC1)OCCO2. The Bertz CT molecular complexity index is 847. The molecule has 24 heavy (non-hydrogen) atoms. The third-order valence-corrected chi connectivity index (χ3v) is 4.93. The van der Waals surface area contributed by atoms with Crippen molar-refractivity contribution in [1.29, 1.82) is 0 Å². The van der Waals surface area contributed by atoms with Crippen LogP contribution in [0.25, 0.3) is 10.9 Å². The van der Waals surface area contributed by atoms with E-state index in [2.05, 4.69) is 4.98 Å². The van der Waals surface area contributed by atoms with Crippen LogP contribution in [0.2, 0.25) is 5.02 Å². The van der Waals surface area contributed by atoms with E-state index >= 15 is 0 Å². The van der Waals surface area contributed by atoms with Crippen LogP contribution in [-0.2, 0) is 9.47 Å². The second-order valence-electron chi connectivity index (χ2n) is 6.12. The Morgan fingerprint density at radius 2 is 1.92 bits per heavy atom. The van der Waals surface area contributed by atoms with E-state index in [9.17, 15) is 9.59 Å². The summed E-state index contributed by atoms with van der Waals surface area (Å²) in [4.78, 5) is 30.1. The number of pyridine rings is 1. The lowest BCUT2D eigenvalue weighted by molar-refractivity contribution is -0.181. The van der Waals surface area contributed by atoms with Gasteiger partial charge in [0, 0.05) is 48.1 Å². The molecule has 0 atom stereocenters. The van der Waals surface area contributed by atoms with Gasteiger partial charge in [0.05, 0.1) is 13.2 Å². The van der Waals surface area contributed by atoms with Crippen molar-refractivity contribution in [1.82, 2.24) is 9.88 Å². The summed E-state index contributed by atoms with van der Waals surface area (Å²) in [6.07, 6.45) is 2.72. The topological polar surface area (TPSA) is 71.6 Å². The number of carbonyl (C=O) groups excluding carboxylic acids is 1. The lowest BCUT2D eigenvalue weighted by Crippen LogP contribution is -2.48. The lowest BCUT2D eigenvalue weighted by atomic mass is 10.0. The Morgan fingerprint density at radius 3 is 2.62 bits per heavy atom. The van der Waals surface area contributed by atoms with Gasteiger partial charge in [0.1, 0.15) is 5.56 Å². The number of H-pyrrole nitrogens is 1. The zero-order valence-corrected chi connectivity index (χ0v) is 13.8. The van der Waals surface area contributed by atoms with Gasteiger partial charge in [-0.1, -0.05) is 11.6 Å². The molecule has 0 radical (unpaired) electrons. The molecule has 0 bridgehead atoms. The third-order valence-electron chi connectivity index (χ3n) is 4.70. The maximum absolute atomic E-state index is 12.7. The van der Waals surface area contributed by atoms with Crippen molar-refractivity contribution in [2.75, 3.05) is 26.3 Å². The van der Waals surface area contributed by atoms with E-state index in [-0.39, 0.29) is 16.9 Å². The summed E-state index contributed by atoms with van der Waals surface area (Å²) >= 11 is 5.96. The number of ether oxygens (including phenoxy) is 2. The van der Waals surface area contributed by atoms with Gasteiger partial charge in [-0.25, -0.2) is 0 Å². The van der Waals surface area contributed by atoms with Gasteiger partial charge >= 0.3 is 0 Å². The number of carbonyl (C=O) groups is 1. The van der Waals surface area contributed by atoms with E-state index in [0.717, 1.165) is 0 Å². The molecule has 3 heterocycles. The van der Waals surface area contributed by atoms with Gasteiger partial charge in [-0.2, -0.15) is 0 Å². The number of likely N-dealkylation sites (tertiary alicyclic amines) is 1. The molecule has 4 rings (SSSR count). The summed E-state index contributed by atoms with van der Waals surface area (Å²) in [5, 5.41) is 0.886. The van der Waals surface area contributed by atoms with Crippen molar-refractivity contribution >= 4 is 28.4 Å². The summed E-state index contributed by atoms with van der Waals surface area (Å²) in [5.41, 5.74) is 0.491. The van der Waals surface area contributed by atoms with E-state index in [1.807, 2.05) is 0 Å². The number of halogens is 1. The van der Waals surface area contributed by atoms with Crippen LogP contribution in [0.1, 0.15) is 23.2 Å². The first-order valence-electron chi connectivity index (χ1n) is 7.96. The number of aromatic nitrogens is 1.